The predicted molar refractivity (Wildman–Crippen MR) is 65.8 cm³/mol. The van der Waals surface area contributed by atoms with Gasteiger partial charge in [0.25, 0.3) is 5.91 Å². The number of aryl methyl sites for hydroxylation is 1. The van der Waals surface area contributed by atoms with Crippen molar-refractivity contribution in [2.75, 3.05) is 0 Å². The molecule has 0 aliphatic rings. The standard InChI is InChI=1S/C12H11ClF3NO3/c1-6-2-3-7(4-8(6)13)10(18)17-9(11(19)20)5-12(14,15)16/h2-4,9H,5H2,1H3,(H,17,18)(H,19,20). The van der Waals surface area contributed by atoms with E-state index in [1.807, 2.05) is 5.32 Å². The molecule has 1 unspecified atom stereocenters. The maximum Gasteiger partial charge on any atom is 0.391 e. The molecule has 1 amide bonds. The molecule has 0 radical (unpaired) electrons. The molecule has 1 rings (SSSR count). The van der Waals surface area contributed by atoms with E-state index in [0.717, 1.165) is 0 Å². The topological polar surface area (TPSA) is 66.4 Å². The van der Waals surface area contributed by atoms with Gasteiger partial charge in [0.2, 0.25) is 0 Å². The Balaban J connectivity index is 2.85. The van der Waals surface area contributed by atoms with Gasteiger partial charge in [0.05, 0.1) is 6.42 Å². The van der Waals surface area contributed by atoms with Crippen LogP contribution in [0, 0.1) is 6.92 Å². The van der Waals surface area contributed by atoms with E-state index < -0.39 is 30.5 Å². The van der Waals surface area contributed by atoms with E-state index in [1.54, 1.807) is 6.92 Å². The highest BCUT2D eigenvalue weighted by Gasteiger charge is 2.36. The highest BCUT2D eigenvalue weighted by Crippen LogP contribution is 2.22. The Labute approximate surface area is 117 Å². The Morgan fingerprint density at radius 3 is 2.45 bits per heavy atom. The van der Waals surface area contributed by atoms with Crippen LogP contribution in [0.2, 0.25) is 5.02 Å². The van der Waals surface area contributed by atoms with Crippen molar-refractivity contribution >= 4 is 23.5 Å². The summed E-state index contributed by atoms with van der Waals surface area (Å²) in [5.74, 6) is -2.68. The van der Waals surface area contributed by atoms with Gasteiger partial charge in [0.1, 0.15) is 6.04 Å². The quantitative estimate of drug-likeness (QED) is 0.898. The lowest BCUT2D eigenvalue weighted by Gasteiger charge is -2.16. The number of hydrogen-bond donors (Lipinski definition) is 2. The zero-order valence-corrected chi connectivity index (χ0v) is 11.0. The van der Waals surface area contributed by atoms with Crippen LogP contribution in [0.3, 0.4) is 0 Å². The number of carbonyl (C=O) groups excluding carboxylic acids is 1. The van der Waals surface area contributed by atoms with Crippen LogP contribution in [-0.4, -0.2) is 29.2 Å². The lowest BCUT2D eigenvalue weighted by molar-refractivity contribution is -0.157. The summed E-state index contributed by atoms with van der Waals surface area (Å²) >= 11 is 5.79. The molecule has 20 heavy (non-hydrogen) atoms. The van der Waals surface area contributed by atoms with Crippen LogP contribution in [0.1, 0.15) is 22.3 Å². The van der Waals surface area contributed by atoms with Crippen LogP contribution >= 0.6 is 11.6 Å². The molecule has 0 heterocycles. The Hall–Kier alpha value is -1.76. The number of benzene rings is 1. The lowest BCUT2D eigenvalue weighted by atomic mass is 10.1. The maximum atomic E-state index is 12.2. The second kappa shape index (κ2) is 6.13. The van der Waals surface area contributed by atoms with Crippen molar-refractivity contribution in [2.45, 2.75) is 25.6 Å². The van der Waals surface area contributed by atoms with E-state index in [9.17, 15) is 22.8 Å². The number of amides is 1. The Morgan fingerprint density at radius 2 is 2.00 bits per heavy atom. The molecule has 2 N–H and O–H groups in total. The van der Waals surface area contributed by atoms with E-state index in [4.69, 9.17) is 16.7 Å². The average molecular weight is 310 g/mol. The first kappa shape index (κ1) is 16.3. The molecule has 1 atom stereocenters. The second-order valence-electron chi connectivity index (χ2n) is 4.15. The zero-order valence-electron chi connectivity index (χ0n) is 10.3. The molecule has 0 saturated carbocycles. The third kappa shape index (κ3) is 4.73. The van der Waals surface area contributed by atoms with Gasteiger partial charge in [-0.15, -0.1) is 0 Å². The van der Waals surface area contributed by atoms with Gasteiger partial charge in [-0.3, -0.25) is 4.79 Å². The van der Waals surface area contributed by atoms with Gasteiger partial charge in [-0.05, 0) is 24.6 Å². The van der Waals surface area contributed by atoms with E-state index in [1.165, 1.54) is 18.2 Å². The van der Waals surface area contributed by atoms with Gasteiger partial charge in [0, 0.05) is 10.6 Å². The fraction of sp³-hybridized carbons (Fsp3) is 0.333. The second-order valence-corrected chi connectivity index (χ2v) is 4.55. The van der Waals surface area contributed by atoms with Crippen LogP contribution < -0.4 is 5.32 Å². The van der Waals surface area contributed by atoms with Crippen molar-refractivity contribution in [3.8, 4) is 0 Å². The van der Waals surface area contributed by atoms with Crippen LogP contribution in [0.25, 0.3) is 0 Å². The molecular weight excluding hydrogens is 299 g/mol. The number of halogens is 4. The fourth-order valence-electron chi connectivity index (χ4n) is 1.41. The SMILES string of the molecule is Cc1ccc(C(=O)NC(CC(F)(F)F)C(=O)O)cc1Cl. The third-order valence-electron chi connectivity index (χ3n) is 2.47. The van der Waals surface area contributed by atoms with E-state index >= 15 is 0 Å². The number of rotatable bonds is 4. The number of carboxylic acids is 1. The number of alkyl halides is 3. The molecular formula is C12H11ClF3NO3. The van der Waals surface area contributed by atoms with Crippen LogP contribution in [-0.2, 0) is 4.79 Å². The molecule has 8 heteroatoms. The summed E-state index contributed by atoms with van der Waals surface area (Å²) in [6.07, 6.45) is -6.34. The van der Waals surface area contributed by atoms with Crippen molar-refractivity contribution in [1.29, 1.82) is 0 Å². The highest BCUT2D eigenvalue weighted by molar-refractivity contribution is 6.31. The minimum Gasteiger partial charge on any atom is -0.480 e. The maximum absolute atomic E-state index is 12.2. The molecule has 0 fully saturated rings. The van der Waals surface area contributed by atoms with Gasteiger partial charge in [-0.25, -0.2) is 4.79 Å². The number of carboxylic acid groups (broad SMARTS) is 1. The first-order valence-electron chi connectivity index (χ1n) is 5.46. The summed E-state index contributed by atoms with van der Waals surface area (Å²) in [4.78, 5) is 22.4. The summed E-state index contributed by atoms with van der Waals surface area (Å²) < 4.78 is 36.6. The summed E-state index contributed by atoms with van der Waals surface area (Å²) in [6, 6.07) is 2.08. The van der Waals surface area contributed by atoms with Gasteiger partial charge in [-0.2, -0.15) is 13.2 Å². The van der Waals surface area contributed by atoms with Gasteiger partial charge in [-0.1, -0.05) is 17.7 Å². The molecule has 0 saturated heterocycles. The molecule has 1 aromatic rings. The normalized spacial score (nSPS) is 12.8. The lowest BCUT2D eigenvalue weighted by Crippen LogP contribution is -2.43. The molecule has 1 aromatic carbocycles. The first-order chi connectivity index (χ1) is 9.10. The van der Waals surface area contributed by atoms with Crippen LogP contribution in [0.4, 0.5) is 13.2 Å². The Morgan fingerprint density at radius 1 is 1.40 bits per heavy atom. The summed E-state index contributed by atoms with van der Waals surface area (Å²) in [7, 11) is 0. The van der Waals surface area contributed by atoms with Crippen molar-refractivity contribution in [3.63, 3.8) is 0 Å². The van der Waals surface area contributed by atoms with Crippen molar-refractivity contribution in [1.82, 2.24) is 5.32 Å². The van der Waals surface area contributed by atoms with Crippen molar-refractivity contribution in [3.05, 3.63) is 34.3 Å². The van der Waals surface area contributed by atoms with Crippen LogP contribution in [0.5, 0.6) is 0 Å². The first-order valence-corrected chi connectivity index (χ1v) is 5.84. The van der Waals surface area contributed by atoms with Gasteiger partial charge >= 0.3 is 12.1 Å². The van der Waals surface area contributed by atoms with Crippen molar-refractivity contribution < 1.29 is 27.9 Å². The third-order valence-corrected chi connectivity index (χ3v) is 2.88. The fourth-order valence-corrected chi connectivity index (χ4v) is 1.59. The number of carbonyl (C=O) groups is 2. The smallest absolute Gasteiger partial charge is 0.391 e. The van der Waals surface area contributed by atoms with Crippen molar-refractivity contribution in [2.24, 2.45) is 0 Å². The Bertz CT molecular complexity index is 531. The largest absolute Gasteiger partial charge is 0.480 e. The number of hydrogen-bond acceptors (Lipinski definition) is 2. The molecule has 4 nitrogen and oxygen atoms in total. The molecule has 0 aromatic heterocycles. The van der Waals surface area contributed by atoms with E-state index in [-0.39, 0.29) is 10.6 Å². The predicted octanol–water partition coefficient (Wildman–Crippen LogP) is 2.78. The summed E-state index contributed by atoms with van der Waals surface area (Å²) in [5, 5.41) is 10.8. The van der Waals surface area contributed by atoms with E-state index in [0.29, 0.717) is 5.56 Å². The zero-order chi connectivity index (χ0) is 15.5. The number of nitrogens with one attached hydrogen (secondary N) is 1. The Kier molecular flexibility index (Phi) is 4.99. The average Bonchev–Trinajstić information content (AvgIpc) is 2.29. The molecule has 0 spiro atoms. The molecule has 0 bridgehead atoms. The summed E-state index contributed by atoms with van der Waals surface area (Å²) in [6.45, 7) is 1.69. The minimum absolute atomic E-state index is 0.00553. The van der Waals surface area contributed by atoms with Gasteiger partial charge < -0.3 is 10.4 Å². The molecule has 110 valence electrons. The highest BCUT2D eigenvalue weighted by atomic mass is 35.5. The van der Waals surface area contributed by atoms with Gasteiger partial charge in [0.15, 0.2) is 0 Å². The monoisotopic (exact) mass is 309 g/mol. The summed E-state index contributed by atoms with van der Waals surface area (Å²) in [5.41, 5.74) is 0.683. The van der Waals surface area contributed by atoms with E-state index in [2.05, 4.69) is 0 Å². The van der Waals surface area contributed by atoms with Crippen LogP contribution in [0.15, 0.2) is 18.2 Å². The molecule has 0 aliphatic carbocycles. The minimum atomic E-state index is -4.69. The molecule has 0 aliphatic heterocycles. The number of aliphatic carboxylic acids is 1.